The molecule has 0 aliphatic heterocycles. The van der Waals surface area contributed by atoms with Gasteiger partial charge in [-0.15, -0.1) is 0 Å². The highest BCUT2D eigenvalue weighted by atomic mass is 16.5. The maximum absolute atomic E-state index is 5.53. The summed E-state index contributed by atoms with van der Waals surface area (Å²) in [5.41, 5.74) is 2.67. The third-order valence-corrected chi connectivity index (χ3v) is 3.92. The number of benzene rings is 1. The van der Waals surface area contributed by atoms with Gasteiger partial charge in [0.25, 0.3) is 0 Å². The molecule has 0 radical (unpaired) electrons. The Morgan fingerprint density at radius 2 is 2.00 bits per heavy atom. The van der Waals surface area contributed by atoms with Crippen molar-refractivity contribution in [3.8, 4) is 11.5 Å². The molecule has 0 heterocycles. The van der Waals surface area contributed by atoms with E-state index in [-0.39, 0.29) is 0 Å². The lowest BCUT2D eigenvalue weighted by Gasteiger charge is -2.20. The van der Waals surface area contributed by atoms with Crippen molar-refractivity contribution in [2.24, 2.45) is 5.92 Å². The Morgan fingerprint density at radius 3 is 2.61 bits per heavy atom. The van der Waals surface area contributed by atoms with Gasteiger partial charge in [-0.25, -0.2) is 0 Å². The molecule has 0 saturated heterocycles. The molecule has 18 heavy (non-hydrogen) atoms. The van der Waals surface area contributed by atoms with E-state index in [2.05, 4.69) is 18.3 Å². The molecule has 2 unspecified atom stereocenters. The van der Waals surface area contributed by atoms with E-state index in [1.807, 2.05) is 13.1 Å². The van der Waals surface area contributed by atoms with Crippen molar-refractivity contribution in [3.05, 3.63) is 23.3 Å². The molecule has 3 nitrogen and oxygen atoms in total. The van der Waals surface area contributed by atoms with Crippen LogP contribution in [-0.4, -0.2) is 21.3 Å². The SMILES string of the molecule is CNC1CC(C)CCc2c(OC)cc(OC)cc21. The van der Waals surface area contributed by atoms with Gasteiger partial charge in [-0.1, -0.05) is 6.92 Å². The second-order valence-corrected chi connectivity index (χ2v) is 5.12. The van der Waals surface area contributed by atoms with Crippen LogP contribution in [0.25, 0.3) is 0 Å². The van der Waals surface area contributed by atoms with Crippen LogP contribution in [0.5, 0.6) is 11.5 Å². The van der Waals surface area contributed by atoms with E-state index in [0.717, 1.165) is 23.8 Å². The fourth-order valence-corrected chi connectivity index (χ4v) is 2.83. The van der Waals surface area contributed by atoms with E-state index in [0.29, 0.717) is 6.04 Å². The van der Waals surface area contributed by atoms with Gasteiger partial charge in [0.15, 0.2) is 0 Å². The van der Waals surface area contributed by atoms with Gasteiger partial charge in [-0.2, -0.15) is 0 Å². The summed E-state index contributed by atoms with van der Waals surface area (Å²) in [6, 6.07) is 4.53. The zero-order valence-corrected chi connectivity index (χ0v) is 11.7. The normalized spacial score (nSPS) is 23.1. The van der Waals surface area contributed by atoms with E-state index in [1.165, 1.54) is 24.0 Å². The van der Waals surface area contributed by atoms with Crippen LogP contribution in [0.15, 0.2) is 12.1 Å². The van der Waals surface area contributed by atoms with E-state index < -0.39 is 0 Å². The minimum Gasteiger partial charge on any atom is -0.497 e. The van der Waals surface area contributed by atoms with Crippen LogP contribution in [0.1, 0.15) is 36.9 Å². The average molecular weight is 249 g/mol. The standard InChI is InChI=1S/C15H23NO2/c1-10-5-6-12-13(14(7-10)16-2)8-11(17-3)9-15(12)18-4/h8-10,14,16H,5-7H2,1-4H3. The molecule has 1 aliphatic carbocycles. The second-order valence-electron chi connectivity index (χ2n) is 5.12. The first kappa shape index (κ1) is 13.2. The molecule has 1 aromatic rings. The van der Waals surface area contributed by atoms with Gasteiger partial charge >= 0.3 is 0 Å². The monoisotopic (exact) mass is 249 g/mol. The van der Waals surface area contributed by atoms with Crippen molar-refractivity contribution >= 4 is 0 Å². The lowest BCUT2D eigenvalue weighted by atomic mass is 9.96. The molecular weight excluding hydrogens is 226 g/mol. The Kier molecular flexibility index (Phi) is 4.12. The fourth-order valence-electron chi connectivity index (χ4n) is 2.83. The van der Waals surface area contributed by atoms with Gasteiger partial charge in [0.1, 0.15) is 11.5 Å². The van der Waals surface area contributed by atoms with Gasteiger partial charge in [0.2, 0.25) is 0 Å². The van der Waals surface area contributed by atoms with Gasteiger partial charge in [0.05, 0.1) is 14.2 Å². The zero-order valence-electron chi connectivity index (χ0n) is 11.7. The van der Waals surface area contributed by atoms with Crippen molar-refractivity contribution in [1.82, 2.24) is 5.32 Å². The zero-order chi connectivity index (χ0) is 13.1. The molecule has 2 atom stereocenters. The molecule has 1 aromatic carbocycles. The van der Waals surface area contributed by atoms with Gasteiger partial charge in [-0.3, -0.25) is 0 Å². The topological polar surface area (TPSA) is 30.5 Å². The summed E-state index contributed by atoms with van der Waals surface area (Å²) in [5.74, 6) is 2.56. The Morgan fingerprint density at radius 1 is 1.22 bits per heavy atom. The van der Waals surface area contributed by atoms with Crippen molar-refractivity contribution in [3.63, 3.8) is 0 Å². The number of rotatable bonds is 3. The summed E-state index contributed by atoms with van der Waals surface area (Å²) < 4.78 is 10.9. The van der Waals surface area contributed by atoms with Crippen molar-refractivity contribution < 1.29 is 9.47 Å². The van der Waals surface area contributed by atoms with Crippen LogP contribution in [-0.2, 0) is 6.42 Å². The third kappa shape index (κ3) is 2.46. The summed E-state index contributed by atoms with van der Waals surface area (Å²) in [5, 5.41) is 3.42. The van der Waals surface area contributed by atoms with Gasteiger partial charge in [-0.05, 0) is 49.4 Å². The average Bonchev–Trinajstić information content (AvgIpc) is 2.56. The number of hydrogen-bond acceptors (Lipinski definition) is 3. The van der Waals surface area contributed by atoms with Crippen molar-refractivity contribution in [2.75, 3.05) is 21.3 Å². The second kappa shape index (κ2) is 5.61. The van der Waals surface area contributed by atoms with Crippen LogP contribution in [0, 0.1) is 5.92 Å². The number of fused-ring (bicyclic) bond motifs is 1. The number of ether oxygens (including phenoxy) is 2. The molecule has 0 saturated carbocycles. The number of methoxy groups -OCH3 is 2. The molecule has 0 aromatic heterocycles. The highest BCUT2D eigenvalue weighted by molar-refractivity contribution is 5.48. The summed E-state index contributed by atoms with van der Waals surface area (Å²) in [7, 11) is 5.46. The highest BCUT2D eigenvalue weighted by Crippen LogP contribution is 2.38. The summed E-state index contributed by atoms with van der Waals surface area (Å²) in [6.07, 6.45) is 3.47. The molecule has 100 valence electrons. The van der Waals surface area contributed by atoms with E-state index >= 15 is 0 Å². The predicted octanol–water partition coefficient (Wildman–Crippen LogP) is 2.94. The smallest absolute Gasteiger partial charge is 0.126 e. The first-order chi connectivity index (χ1) is 8.69. The molecule has 3 heteroatoms. The van der Waals surface area contributed by atoms with Crippen LogP contribution in [0.4, 0.5) is 0 Å². The number of hydrogen-bond donors (Lipinski definition) is 1. The summed E-state index contributed by atoms with van der Waals surface area (Å²) >= 11 is 0. The first-order valence-corrected chi connectivity index (χ1v) is 6.61. The molecule has 2 rings (SSSR count). The largest absolute Gasteiger partial charge is 0.497 e. The van der Waals surface area contributed by atoms with Crippen molar-refractivity contribution in [2.45, 2.75) is 32.2 Å². The Hall–Kier alpha value is -1.22. The number of nitrogens with one attached hydrogen (secondary N) is 1. The summed E-state index contributed by atoms with van der Waals surface area (Å²) in [6.45, 7) is 2.32. The van der Waals surface area contributed by atoms with E-state index in [1.54, 1.807) is 14.2 Å². The van der Waals surface area contributed by atoms with E-state index in [4.69, 9.17) is 9.47 Å². The molecule has 1 aliphatic rings. The first-order valence-electron chi connectivity index (χ1n) is 6.61. The predicted molar refractivity (Wildman–Crippen MR) is 73.4 cm³/mol. The molecular formula is C15H23NO2. The molecule has 0 spiro atoms. The molecule has 0 bridgehead atoms. The maximum atomic E-state index is 5.53. The highest BCUT2D eigenvalue weighted by Gasteiger charge is 2.24. The van der Waals surface area contributed by atoms with Crippen LogP contribution in [0.3, 0.4) is 0 Å². The lowest BCUT2D eigenvalue weighted by molar-refractivity contribution is 0.388. The van der Waals surface area contributed by atoms with Crippen molar-refractivity contribution in [1.29, 1.82) is 0 Å². The van der Waals surface area contributed by atoms with E-state index in [9.17, 15) is 0 Å². The fraction of sp³-hybridized carbons (Fsp3) is 0.600. The lowest BCUT2D eigenvalue weighted by Crippen LogP contribution is -2.18. The Bertz CT molecular complexity index is 417. The molecule has 0 amide bonds. The Labute approximate surface area is 109 Å². The van der Waals surface area contributed by atoms with Crippen LogP contribution >= 0.6 is 0 Å². The van der Waals surface area contributed by atoms with Crippen LogP contribution in [0.2, 0.25) is 0 Å². The minimum absolute atomic E-state index is 0.390. The summed E-state index contributed by atoms with van der Waals surface area (Å²) in [4.78, 5) is 0. The molecule has 0 fully saturated rings. The van der Waals surface area contributed by atoms with Crippen LogP contribution < -0.4 is 14.8 Å². The Balaban J connectivity index is 2.51. The third-order valence-electron chi connectivity index (χ3n) is 3.92. The maximum Gasteiger partial charge on any atom is 0.126 e. The molecule has 1 N–H and O–H groups in total. The minimum atomic E-state index is 0.390. The quantitative estimate of drug-likeness (QED) is 0.835. The van der Waals surface area contributed by atoms with Gasteiger partial charge in [0, 0.05) is 12.1 Å². The van der Waals surface area contributed by atoms with Gasteiger partial charge < -0.3 is 14.8 Å².